The summed E-state index contributed by atoms with van der Waals surface area (Å²) in [5.41, 5.74) is 1.78. The average molecular weight is 295 g/mol. The first-order chi connectivity index (χ1) is 9.39. The Bertz CT molecular complexity index is 472. The summed E-state index contributed by atoms with van der Waals surface area (Å²) in [4.78, 5) is 4.45. The van der Waals surface area contributed by atoms with E-state index >= 15 is 0 Å². The first-order valence-electron chi connectivity index (χ1n) is 7.27. The van der Waals surface area contributed by atoms with Crippen LogP contribution in [0.1, 0.15) is 45.4 Å². The summed E-state index contributed by atoms with van der Waals surface area (Å²) in [5.74, 6) is 4.59. The Labute approximate surface area is 126 Å². The normalized spacial score (nSPS) is 16.5. The minimum Gasteiger partial charge on any atom is -0.485 e. The molecule has 0 unspecified atom stereocenters. The Kier molecular flexibility index (Phi) is 4.84. The van der Waals surface area contributed by atoms with E-state index < -0.39 is 0 Å². The van der Waals surface area contributed by atoms with Crippen molar-refractivity contribution in [1.29, 1.82) is 0 Å². The van der Waals surface area contributed by atoms with Gasteiger partial charge in [0.25, 0.3) is 0 Å². The number of rotatable bonds is 5. The Morgan fingerprint density at radius 2 is 2.10 bits per heavy atom. The summed E-state index contributed by atoms with van der Waals surface area (Å²) in [5, 5.41) is 0. The van der Waals surface area contributed by atoms with E-state index in [1.165, 1.54) is 12.2 Å². The highest BCUT2D eigenvalue weighted by molar-refractivity contribution is 7.98. The minimum atomic E-state index is -0.275. The number of thioether (sulfide) groups is 1. The lowest BCUT2D eigenvalue weighted by Crippen LogP contribution is -2.39. The predicted octanol–water partition coefficient (Wildman–Crippen LogP) is 4.22. The molecule has 0 radical (unpaired) electrons. The molecule has 20 heavy (non-hydrogen) atoms. The smallest absolute Gasteiger partial charge is 0.183 e. The molecule has 0 bridgehead atoms. The lowest BCUT2D eigenvalue weighted by atomic mass is 10.1. The van der Waals surface area contributed by atoms with Crippen LogP contribution in [0.25, 0.3) is 0 Å². The minimum absolute atomic E-state index is 0.275. The zero-order valence-electron chi connectivity index (χ0n) is 13.2. The van der Waals surface area contributed by atoms with Crippen LogP contribution in [0.15, 0.2) is 6.20 Å². The van der Waals surface area contributed by atoms with Crippen molar-refractivity contribution < 1.29 is 9.47 Å². The molecule has 0 amide bonds. The number of pyridine rings is 1. The summed E-state index contributed by atoms with van der Waals surface area (Å²) in [6, 6.07) is 0. The van der Waals surface area contributed by atoms with Gasteiger partial charge in [-0.3, -0.25) is 4.98 Å². The molecule has 0 fully saturated rings. The number of hydrogen-bond acceptors (Lipinski definition) is 4. The third kappa shape index (κ3) is 3.81. The van der Waals surface area contributed by atoms with Crippen molar-refractivity contribution in [3.05, 3.63) is 17.5 Å². The lowest BCUT2D eigenvalue weighted by molar-refractivity contribution is 0.0194. The van der Waals surface area contributed by atoms with Gasteiger partial charge < -0.3 is 9.47 Å². The topological polar surface area (TPSA) is 31.4 Å². The average Bonchev–Trinajstić information content (AvgIpc) is 2.36. The van der Waals surface area contributed by atoms with Crippen molar-refractivity contribution in [3.63, 3.8) is 0 Å². The van der Waals surface area contributed by atoms with E-state index in [-0.39, 0.29) is 5.60 Å². The standard InChI is InChI=1S/C16H25NO2S/c1-11(2)6-7-20-9-13-8-17-12(3)14-15(13)18-10-16(4,5)19-14/h8,11H,6-7,9-10H2,1-5H3. The largest absolute Gasteiger partial charge is 0.485 e. The van der Waals surface area contributed by atoms with Crippen LogP contribution in [0.3, 0.4) is 0 Å². The molecule has 4 heteroatoms. The molecule has 0 aliphatic carbocycles. The highest BCUT2D eigenvalue weighted by Gasteiger charge is 2.31. The van der Waals surface area contributed by atoms with Crippen LogP contribution in [0.4, 0.5) is 0 Å². The van der Waals surface area contributed by atoms with Crippen LogP contribution in [-0.4, -0.2) is 22.9 Å². The van der Waals surface area contributed by atoms with E-state index in [9.17, 15) is 0 Å². The molecular weight excluding hydrogens is 270 g/mol. The fourth-order valence-electron chi connectivity index (χ4n) is 2.04. The van der Waals surface area contributed by atoms with E-state index in [4.69, 9.17) is 9.47 Å². The molecule has 0 spiro atoms. The quantitative estimate of drug-likeness (QED) is 0.761. The van der Waals surface area contributed by atoms with Crippen molar-refractivity contribution in [2.45, 2.75) is 52.4 Å². The highest BCUT2D eigenvalue weighted by Crippen LogP contribution is 2.40. The van der Waals surface area contributed by atoms with E-state index in [0.29, 0.717) is 6.61 Å². The second-order valence-corrected chi connectivity index (χ2v) is 7.52. The van der Waals surface area contributed by atoms with Gasteiger partial charge in [0, 0.05) is 17.5 Å². The third-order valence-corrected chi connectivity index (χ3v) is 4.32. The van der Waals surface area contributed by atoms with Crippen LogP contribution >= 0.6 is 11.8 Å². The zero-order valence-corrected chi connectivity index (χ0v) is 14.0. The molecule has 2 heterocycles. The molecule has 0 atom stereocenters. The fraction of sp³-hybridized carbons (Fsp3) is 0.688. The lowest BCUT2D eigenvalue weighted by Gasteiger charge is -2.34. The van der Waals surface area contributed by atoms with Crippen LogP contribution in [-0.2, 0) is 5.75 Å². The van der Waals surface area contributed by atoms with Crippen LogP contribution in [0, 0.1) is 12.8 Å². The van der Waals surface area contributed by atoms with Crippen molar-refractivity contribution >= 4 is 11.8 Å². The summed E-state index contributed by atoms with van der Waals surface area (Å²) in [6.07, 6.45) is 3.18. The number of ether oxygens (including phenoxy) is 2. The monoisotopic (exact) mass is 295 g/mol. The number of fused-ring (bicyclic) bond motifs is 1. The van der Waals surface area contributed by atoms with Crippen molar-refractivity contribution in [1.82, 2.24) is 4.98 Å². The number of nitrogens with zero attached hydrogens (tertiary/aromatic N) is 1. The summed E-state index contributed by atoms with van der Waals surface area (Å²) >= 11 is 1.94. The van der Waals surface area contributed by atoms with Gasteiger partial charge in [-0.2, -0.15) is 11.8 Å². The molecule has 1 aliphatic heterocycles. The van der Waals surface area contributed by atoms with Crippen LogP contribution in [0.2, 0.25) is 0 Å². The van der Waals surface area contributed by atoms with Crippen LogP contribution < -0.4 is 9.47 Å². The van der Waals surface area contributed by atoms with Gasteiger partial charge >= 0.3 is 0 Å². The molecule has 0 saturated heterocycles. The van der Waals surface area contributed by atoms with E-state index in [1.807, 2.05) is 38.7 Å². The van der Waals surface area contributed by atoms with E-state index in [2.05, 4.69) is 18.8 Å². The van der Waals surface area contributed by atoms with Crippen molar-refractivity contribution in [2.75, 3.05) is 12.4 Å². The second kappa shape index (κ2) is 6.25. The molecule has 112 valence electrons. The molecule has 2 rings (SSSR count). The van der Waals surface area contributed by atoms with Gasteiger partial charge in [0.2, 0.25) is 0 Å². The van der Waals surface area contributed by atoms with Gasteiger partial charge in [-0.25, -0.2) is 0 Å². The molecule has 0 N–H and O–H groups in total. The van der Waals surface area contributed by atoms with Gasteiger partial charge in [0.15, 0.2) is 11.5 Å². The molecule has 1 aliphatic rings. The Morgan fingerprint density at radius 3 is 2.80 bits per heavy atom. The number of aromatic nitrogens is 1. The van der Waals surface area contributed by atoms with Gasteiger partial charge in [-0.1, -0.05) is 13.8 Å². The fourth-order valence-corrected chi connectivity index (χ4v) is 3.24. The first-order valence-corrected chi connectivity index (χ1v) is 8.42. The number of aryl methyl sites for hydroxylation is 1. The van der Waals surface area contributed by atoms with Crippen LogP contribution in [0.5, 0.6) is 11.5 Å². The van der Waals surface area contributed by atoms with Gasteiger partial charge in [0.05, 0.1) is 5.69 Å². The third-order valence-electron chi connectivity index (χ3n) is 3.28. The molecule has 1 aromatic rings. The maximum Gasteiger partial charge on any atom is 0.183 e. The van der Waals surface area contributed by atoms with Gasteiger partial charge in [-0.05, 0) is 38.9 Å². The van der Waals surface area contributed by atoms with Gasteiger partial charge in [0.1, 0.15) is 12.2 Å². The molecule has 0 aromatic carbocycles. The first kappa shape index (κ1) is 15.5. The van der Waals surface area contributed by atoms with E-state index in [0.717, 1.165) is 34.4 Å². The second-order valence-electron chi connectivity index (χ2n) is 6.41. The molecule has 0 saturated carbocycles. The maximum atomic E-state index is 6.04. The van der Waals surface area contributed by atoms with E-state index in [1.54, 1.807) is 0 Å². The van der Waals surface area contributed by atoms with Gasteiger partial charge in [-0.15, -0.1) is 0 Å². The zero-order chi connectivity index (χ0) is 14.8. The van der Waals surface area contributed by atoms with Crippen molar-refractivity contribution in [2.24, 2.45) is 5.92 Å². The summed E-state index contributed by atoms with van der Waals surface area (Å²) in [7, 11) is 0. The Hall–Kier alpha value is -0.900. The highest BCUT2D eigenvalue weighted by atomic mass is 32.2. The Morgan fingerprint density at radius 1 is 1.35 bits per heavy atom. The molecule has 3 nitrogen and oxygen atoms in total. The van der Waals surface area contributed by atoms with Crippen molar-refractivity contribution in [3.8, 4) is 11.5 Å². The Balaban J connectivity index is 2.08. The SMILES string of the molecule is Cc1ncc(CSCCC(C)C)c2c1OC(C)(C)CO2. The maximum absolute atomic E-state index is 6.04. The predicted molar refractivity (Wildman–Crippen MR) is 84.8 cm³/mol. The summed E-state index contributed by atoms with van der Waals surface area (Å²) < 4.78 is 12.0. The summed E-state index contributed by atoms with van der Waals surface area (Å²) in [6.45, 7) is 11.2. The molecule has 1 aromatic heterocycles. The number of hydrogen-bond donors (Lipinski definition) is 0. The molecular formula is C16H25NO2S.